The maximum atomic E-state index is 4.30. The molecule has 1 aromatic heterocycles. The van der Waals surface area contributed by atoms with Crippen molar-refractivity contribution in [1.82, 2.24) is 10.3 Å². The topological polar surface area (TPSA) is 24.9 Å². The molecule has 0 bridgehead atoms. The molecule has 17 heavy (non-hydrogen) atoms. The number of rotatable bonds is 5. The first-order chi connectivity index (χ1) is 8.29. The minimum absolute atomic E-state index is 0.766. The van der Waals surface area contributed by atoms with E-state index >= 15 is 0 Å². The van der Waals surface area contributed by atoms with Crippen LogP contribution in [0.5, 0.6) is 0 Å². The van der Waals surface area contributed by atoms with Gasteiger partial charge in [0.2, 0.25) is 0 Å². The van der Waals surface area contributed by atoms with Crippen LogP contribution in [-0.2, 0) is 6.42 Å². The van der Waals surface area contributed by atoms with Crippen molar-refractivity contribution in [3.8, 4) is 0 Å². The predicted octanol–water partition coefficient (Wildman–Crippen LogP) is 3.55. The van der Waals surface area contributed by atoms with Gasteiger partial charge < -0.3 is 5.32 Å². The maximum absolute atomic E-state index is 4.30. The van der Waals surface area contributed by atoms with Gasteiger partial charge in [-0.05, 0) is 32.1 Å². The highest BCUT2D eigenvalue weighted by Crippen LogP contribution is 2.26. The minimum atomic E-state index is 0.766. The van der Waals surface area contributed by atoms with Gasteiger partial charge >= 0.3 is 0 Å². The van der Waals surface area contributed by atoms with E-state index in [1.807, 2.05) is 5.51 Å². The van der Waals surface area contributed by atoms with Crippen molar-refractivity contribution in [2.24, 2.45) is 5.92 Å². The predicted molar refractivity (Wildman–Crippen MR) is 74.6 cm³/mol. The molecule has 2 unspecified atom stereocenters. The Kier molecular flexibility index (Phi) is 4.99. The highest BCUT2D eigenvalue weighted by Gasteiger charge is 2.19. The number of aryl methyl sites for hydroxylation is 1. The summed E-state index contributed by atoms with van der Waals surface area (Å²) in [6.07, 6.45) is 8.12. The van der Waals surface area contributed by atoms with Crippen molar-refractivity contribution >= 4 is 11.3 Å². The Bertz CT molecular complexity index is 335. The summed E-state index contributed by atoms with van der Waals surface area (Å²) in [5.74, 6) is 0.964. The quantitative estimate of drug-likeness (QED) is 0.867. The van der Waals surface area contributed by atoms with Crippen molar-refractivity contribution in [2.75, 3.05) is 6.54 Å². The van der Waals surface area contributed by atoms with Crippen LogP contribution in [0.3, 0.4) is 0 Å². The van der Waals surface area contributed by atoms with E-state index in [-0.39, 0.29) is 0 Å². The van der Waals surface area contributed by atoms with E-state index in [0.717, 1.165) is 24.9 Å². The number of aromatic nitrogens is 1. The number of nitrogens with one attached hydrogen (secondary N) is 1. The fourth-order valence-electron chi connectivity index (χ4n) is 2.80. The number of hydrogen-bond acceptors (Lipinski definition) is 3. The van der Waals surface area contributed by atoms with Gasteiger partial charge in [0.25, 0.3) is 0 Å². The van der Waals surface area contributed by atoms with Gasteiger partial charge in [-0.1, -0.05) is 26.2 Å². The van der Waals surface area contributed by atoms with Crippen LogP contribution in [0.15, 0.2) is 5.51 Å². The number of hydrogen-bond donors (Lipinski definition) is 1. The SMILES string of the molecule is CCC1CCCC(NCCc2scnc2C)C1. The molecule has 0 saturated heterocycles. The summed E-state index contributed by atoms with van der Waals surface area (Å²) in [6, 6.07) is 0.766. The summed E-state index contributed by atoms with van der Waals surface area (Å²) < 4.78 is 0. The van der Waals surface area contributed by atoms with Gasteiger partial charge in [-0.2, -0.15) is 0 Å². The van der Waals surface area contributed by atoms with E-state index in [2.05, 4.69) is 24.1 Å². The average molecular weight is 252 g/mol. The zero-order valence-electron chi connectivity index (χ0n) is 11.0. The summed E-state index contributed by atoms with van der Waals surface area (Å²) in [6.45, 7) is 5.55. The number of nitrogens with zero attached hydrogens (tertiary/aromatic N) is 1. The summed E-state index contributed by atoms with van der Waals surface area (Å²) in [5.41, 5.74) is 3.17. The van der Waals surface area contributed by atoms with Crippen molar-refractivity contribution in [1.29, 1.82) is 0 Å². The third-order valence-electron chi connectivity index (χ3n) is 3.99. The van der Waals surface area contributed by atoms with E-state index in [1.165, 1.54) is 42.7 Å². The Morgan fingerprint density at radius 1 is 1.47 bits per heavy atom. The Balaban J connectivity index is 1.70. The molecule has 0 radical (unpaired) electrons. The lowest BCUT2D eigenvalue weighted by Gasteiger charge is -2.29. The zero-order chi connectivity index (χ0) is 12.1. The Labute approximate surface area is 109 Å². The molecule has 0 aliphatic heterocycles. The van der Waals surface area contributed by atoms with E-state index in [1.54, 1.807) is 11.3 Å². The maximum Gasteiger partial charge on any atom is 0.0797 e. The fourth-order valence-corrected chi connectivity index (χ4v) is 3.58. The first-order valence-electron chi connectivity index (χ1n) is 6.92. The van der Waals surface area contributed by atoms with Crippen molar-refractivity contribution in [2.45, 2.75) is 58.4 Å². The molecule has 3 heteroatoms. The molecular formula is C14H24N2S. The highest BCUT2D eigenvalue weighted by atomic mass is 32.1. The highest BCUT2D eigenvalue weighted by molar-refractivity contribution is 7.09. The molecular weight excluding hydrogens is 228 g/mol. The van der Waals surface area contributed by atoms with Gasteiger partial charge in [0.15, 0.2) is 0 Å². The molecule has 0 spiro atoms. The first kappa shape index (κ1) is 13.0. The lowest BCUT2D eigenvalue weighted by molar-refractivity contribution is 0.280. The van der Waals surface area contributed by atoms with E-state index < -0.39 is 0 Å². The standard InChI is InChI=1S/C14H24N2S/c1-3-12-5-4-6-13(9-12)15-8-7-14-11(2)16-10-17-14/h10,12-13,15H,3-9H2,1-2H3. The van der Waals surface area contributed by atoms with Crippen LogP contribution in [0.1, 0.15) is 49.6 Å². The van der Waals surface area contributed by atoms with Crippen LogP contribution in [0.25, 0.3) is 0 Å². The van der Waals surface area contributed by atoms with Crippen LogP contribution in [0.4, 0.5) is 0 Å². The summed E-state index contributed by atoms with van der Waals surface area (Å²) in [4.78, 5) is 5.74. The van der Waals surface area contributed by atoms with Gasteiger partial charge in [0.1, 0.15) is 0 Å². The van der Waals surface area contributed by atoms with E-state index in [9.17, 15) is 0 Å². The second-order valence-electron chi connectivity index (χ2n) is 5.20. The van der Waals surface area contributed by atoms with Crippen molar-refractivity contribution in [3.05, 3.63) is 16.1 Å². The molecule has 1 saturated carbocycles. The molecule has 2 rings (SSSR count). The Hall–Kier alpha value is -0.410. The molecule has 1 heterocycles. The normalized spacial score (nSPS) is 25.1. The lowest BCUT2D eigenvalue weighted by atomic mass is 9.84. The van der Waals surface area contributed by atoms with Gasteiger partial charge in [-0.25, -0.2) is 4.98 Å². The van der Waals surface area contributed by atoms with Gasteiger partial charge in [0, 0.05) is 17.5 Å². The largest absolute Gasteiger partial charge is 0.314 e. The monoisotopic (exact) mass is 252 g/mol. The summed E-state index contributed by atoms with van der Waals surface area (Å²) in [5, 5.41) is 3.73. The molecule has 1 N–H and O–H groups in total. The molecule has 1 fully saturated rings. The van der Waals surface area contributed by atoms with Gasteiger partial charge in [-0.3, -0.25) is 0 Å². The number of thiazole rings is 1. The first-order valence-corrected chi connectivity index (χ1v) is 7.80. The van der Waals surface area contributed by atoms with E-state index in [4.69, 9.17) is 0 Å². The molecule has 1 aliphatic rings. The zero-order valence-corrected chi connectivity index (χ0v) is 11.9. The third-order valence-corrected chi connectivity index (χ3v) is 4.98. The van der Waals surface area contributed by atoms with Crippen LogP contribution >= 0.6 is 11.3 Å². The molecule has 1 aromatic rings. The van der Waals surface area contributed by atoms with Crippen LogP contribution in [0.2, 0.25) is 0 Å². The van der Waals surface area contributed by atoms with Crippen LogP contribution in [0, 0.1) is 12.8 Å². The Morgan fingerprint density at radius 3 is 3.06 bits per heavy atom. The molecule has 2 atom stereocenters. The second-order valence-corrected chi connectivity index (χ2v) is 6.14. The van der Waals surface area contributed by atoms with Crippen LogP contribution < -0.4 is 5.32 Å². The van der Waals surface area contributed by atoms with Crippen molar-refractivity contribution in [3.63, 3.8) is 0 Å². The summed E-state index contributed by atoms with van der Waals surface area (Å²) >= 11 is 1.79. The summed E-state index contributed by atoms with van der Waals surface area (Å²) in [7, 11) is 0. The third kappa shape index (κ3) is 3.78. The van der Waals surface area contributed by atoms with Gasteiger partial charge in [0.05, 0.1) is 11.2 Å². The van der Waals surface area contributed by atoms with Crippen LogP contribution in [-0.4, -0.2) is 17.6 Å². The van der Waals surface area contributed by atoms with Crippen molar-refractivity contribution < 1.29 is 0 Å². The van der Waals surface area contributed by atoms with E-state index in [0.29, 0.717) is 0 Å². The Morgan fingerprint density at radius 2 is 2.35 bits per heavy atom. The smallest absolute Gasteiger partial charge is 0.0797 e. The molecule has 96 valence electrons. The molecule has 2 nitrogen and oxygen atoms in total. The molecule has 0 amide bonds. The minimum Gasteiger partial charge on any atom is -0.314 e. The molecule has 1 aliphatic carbocycles. The van der Waals surface area contributed by atoms with Gasteiger partial charge in [-0.15, -0.1) is 11.3 Å². The second kappa shape index (κ2) is 6.50. The molecule has 0 aromatic carbocycles. The lowest BCUT2D eigenvalue weighted by Crippen LogP contribution is -2.35. The average Bonchev–Trinajstić information content (AvgIpc) is 2.76. The fraction of sp³-hybridized carbons (Fsp3) is 0.786.